The van der Waals surface area contributed by atoms with Gasteiger partial charge in [0.15, 0.2) is 0 Å². The Morgan fingerprint density at radius 1 is 1.33 bits per heavy atom. The largest absolute Gasteiger partial charge is 0.444 e. The van der Waals surface area contributed by atoms with Gasteiger partial charge in [0.05, 0.1) is 6.42 Å². The lowest BCUT2D eigenvalue weighted by Crippen LogP contribution is -2.36. The van der Waals surface area contributed by atoms with Gasteiger partial charge in [0.1, 0.15) is 11.4 Å². The molecule has 1 saturated heterocycles. The molecule has 0 radical (unpaired) electrons. The number of carbonyl (C=O) groups is 2. The van der Waals surface area contributed by atoms with Crippen molar-refractivity contribution in [2.24, 2.45) is 5.92 Å². The van der Waals surface area contributed by atoms with E-state index in [4.69, 9.17) is 4.74 Å². The van der Waals surface area contributed by atoms with Crippen LogP contribution in [0.4, 0.5) is 9.18 Å². The van der Waals surface area contributed by atoms with E-state index in [1.165, 1.54) is 6.07 Å². The van der Waals surface area contributed by atoms with E-state index in [1.54, 1.807) is 23.1 Å². The number of benzene rings is 1. The van der Waals surface area contributed by atoms with Crippen molar-refractivity contribution in [1.82, 2.24) is 10.2 Å². The van der Waals surface area contributed by atoms with Crippen molar-refractivity contribution in [3.8, 4) is 0 Å². The Balaban J connectivity index is 1.77. The summed E-state index contributed by atoms with van der Waals surface area (Å²) in [6.07, 6.45) is 0.441. The molecule has 1 fully saturated rings. The van der Waals surface area contributed by atoms with E-state index in [0.29, 0.717) is 25.2 Å². The average molecular weight is 336 g/mol. The molecule has 24 heavy (non-hydrogen) atoms. The molecule has 5 nitrogen and oxygen atoms in total. The molecule has 2 rings (SSSR count). The highest BCUT2D eigenvalue weighted by Crippen LogP contribution is 2.18. The number of ether oxygens (including phenoxy) is 1. The van der Waals surface area contributed by atoms with Gasteiger partial charge in [-0.1, -0.05) is 18.2 Å². The van der Waals surface area contributed by atoms with E-state index in [9.17, 15) is 14.0 Å². The van der Waals surface area contributed by atoms with Crippen LogP contribution in [0.25, 0.3) is 0 Å². The first kappa shape index (κ1) is 18.2. The zero-order valence-corrected chi connectivity index (χ0v) is 14.5. The van der Waals surface area contributed by atoms with Crippen molar-refractivity contribution >= 4 is 12.0 Å². The van der Waals surface area contributed by atoms with E-state index in [-0.39, 0.29) is 24.1 Å². The zero-order chi connectivity index (χ0) is 17.7. The predicted octanol–water partition coefficient (Wildman–Crippen LogP) is 2.74. The summed E-state index contributed by atoms with van der Waals surface area (Å²) < 4.78 is 18.8. The van der Waals surface area contributed by atoms with Crippen LogP contribution in [0, 0.1) is 11.7 Å². The molecule has 0 unspecified atom stereocenters. The molecular weight excluding hydrogens is 311 g/mol. The minimum Gasteiger partial charge on any atom is -0.444 e. The first-order chi connectivity index (χ1) is 11.2. The maximum atomic E-state index is 13.6. The molecule has 6 heteroatoms. The lowest BCUT2D eigenvalue weighted by Gasteiger charge is -2.21. The average Bonchev–Trinajstić information content (AvgIpc) is 2.95. The molecular formula is C18H25FN2O3. The summed E-state index contributed by atoms with van der Waals surface area (Å²) in [5.41, 5.74) is -0.112. The normalized spacial score (nSPS) is 17.7. The number of alkyl carbamates (subject to hydrolysis) is 1. The molecule has 1 heterocycles. The Morgan fingerprint density at radius 2 is 2.04 bits per heavy atom. The molecule has 1 aliphatic rings. The second-order valence-electron chi connectivity index (χ2n) is 7.15. The highest BCUT2D eigenvalue weighted by Gasteiger charge is 2.27. The molecule has 1 aliphatic heterocycles. The number of rotatable bonds is 4. The van der Waals surface area contributed by atoms with Gasteiger partial charge in [-0.15, -0.1) is 0 Å². The Labute approximate surface area is 142 Å². The maximum Gasteiger partial charge on any atom is 0.407 e. The van der Waals surface area contributed by atoms with Crippen LogP contribution >= 0.6 is 0 Å². The second-order valence-corrected chi connectivity index (χ2v) is 7.15. The Kier molecular flexibility index (Phi) is 5.80. The van der Waals surface area contributed by atoms with Gasteiger partial charge in [0, 0.05) is 19.6 Å². The molecule has 0 saturated carbocycles. The molecule has 0 spiro atoms. The van der Waals surface area contributed by atoms with Gasteiger partial charge in [-0.2, -0.15) is 0 Å². The monoisotopic (exact) mass is 336 g/mol. The Morgan fingerprint density at radius 3 is 2.71 bits per heavy atom. The fourth-order valence-corrected chi connectivity index (χ4v) is 2.68. The van der Waals surface area contributed by atoms with Crippen molar-refractivity contribution < 1.29 is 18.7 Å². The summed E-state index contributed by atoms with van der Waals surface area (Å²) in [6, 6.07) is 6.33. The number of nitrogens with zero attached hydrogens (tertiary/aromatic N) is 1. The predicted molar refractivity (Wildman–Crippen MR) is 89.0 cm³/mol. The maximum absolute atomic E-state index is 13.6. The van der Waals surface area contributed by atoms with Crippen LogP contribution in [0.1, 0.15) is 32.8 Å². The molecule has 132 valence electrons. The van der Waals surface area contributed by atoms with Gasteiger partial charge < -0.3 is 15.0 Å². The van der Waals surface area contributed by atoms with Crippen LogP contribution in [-0.2, 0) is 16.0 Å². The molecule has 1 aromatic carbocycles. The van der Waals surface area contributed by atoms with Crippen LogP contribution in [0.15, 0.2) is 24.3 Å². The minimum atomic E-state index is -0.526. The Hall–Kier alpha value is -2.11. The third-order valence-corrected chi connectivity index (χ3v) is 3.87. The topological polar surface area (TPSA) is 58.6 Å². The third-order valence-electron chi connectivity index (χ3n) is 3.87. The van der Waals surface area contributed by atoms with Gasteiger partial charge in [-0.3, -0.25) is 4.79 Å². The van der Waals surface area contributed by atoms with Crippen molar-refractivity contribution in [3.63, 3.8) is 0 Å². The van der Waals surface area contributed by atoms with Gasteiger partial charge >= 0.3 is 6.09 Å². The number of amides is 2. The third kappa shape index (κ3) is 5.51. The number of nitrogens with one attached hydrogen (secondary N) is 1. The molecule has 1 N–H and O–H groups in total. The lowest BCUT2D eigenvalue weighted by atomic mass is 10.1. The smallest absolute Gasteiger partial charge is 0.407 e. The fraction of sp³-hybridized carbons (Fsp3) is 0.556. The van der Waals surface area contributed by atoms with E-state index in [1.807, 2.05) is 20.8 Å². The lowest BCUT2D eigenvalue weighted by molar-refractivity contribution is -0.129. The molecule has 0 aromatic heterocycles. The second kappa shape index (κ2) is 7.64. The SMILES string of the molecule is CC(C)(C)OC(=O)NC[C@H]1CCN(C(=O)Cc2ccccc2F)C1. The van der Waals surface area contributed by atoms with Gasteiger partial charge in [0.2, 0.25) is 5.91 Å². The summed E-state index contributed by atoms with van der Waals surface area (Å²) in [7, 11) is 0. The summed E-state index contributed by atoms with van der Waals surface area (Å²) in [4.78, 5) is 25.7. The number of hydrogen-bond acceptors (Lipinski definition) is 3. The van der Waals surface area contributed by atoms with Gasteiger partial charge in [-0.25, -0.2) is 9.18 Å². The van der Waals surface area contributed by atoms with Crippen molar-refractivity contribution in [3.05, 3.63) is 35.6 Å². The number of halogens is 1. The van der Waals surface area contributed by atoms with Crippen LogP contribution in [0.5, 0.6) is 0 Å². The van der Waals surface area contributed by atoms with E-state index in [2.05, 4.69) is 5.32 Å². The zero-order valence-electron chi connectivity index (χ0n) is 14.5. The van der Waals surface area contributed by atoms with E-state index in [0.717, 1.165) is 6.42 Å². The van der Waals surface area contributed by atoms with Crippen LogP contribution in [-0.4, -0.2) is 42.1 Å². The summed E-state index contributed by atoms with van der Waals surface area (Å²) in [5.74, 6) is -0.241. The molecule has 0 bridgehead atoms. The molecule has 2 amide bonds. The minimum absolute atomic E-state index is 0.0683. The molecule has 0 aliphatic carbocycles. The highest BCUT2D eigenvalue weighted by atomic mass is 19.1. The Bertz CT molecular complexity index is 598. The van der Waals surface area contributed by atoms with Crippen molar-refractivity contribution in [1.29, 1.82) is 0 Å². The summed E-state index contributed by atoms with van der Waals surface area (Å²) in [5, 5.41) is 2.74. The van der Waals surface area contributed by atoms with Crippen molar-refractivity contribution in [2.45, 2.75) is 39.2 Å². The van der Waals surface area contributed by atoms with Crippen LogP contribution in [0.3, 0.4) is 0 Å². The number of hydrogen-bond donors (Lipinski definition) is 1. The number of carbonyl (C=O) groups excluding carboxylic acids is 2. The van der Waals surface area contributed by atoms with Crippen LogP contribution < -0.4 is 5.32 Å². The molecule has 1 atom stereocenters. The quantitative estimate of drug-likeness (QED) is 0.920. The van der Waals surface area contributed by atoms with E-state index >= 15 is 0 Å². The highest BCUT2D eigenvalue weighted by molar-refractivity contribution is 5.79. The van der Waals surface area contributed by atoms with Gasteiger partial charge in [-0.05, 0) is 44.7 Å². The van der Waals surface area contributed by atoms with E-state index < -0.39 is 11.7 Å². The fourth-order valence-electron chi connectivity index (χ4n) is 2.68. The standard InChI is InChI=1S/C18H25FN2O3/c1-18(2,3)24-17(23)20-11-13-8-9-21(12-13)16(22)10-14-6-4-5-7-15(14)19/h4-7,13H,8-12H2,1-3H3,(H,20,23)/t13-/m1/s1. The molecule has 1 aromatic rings. The first-order valence-corrected chi connectivity index (χ1v) is 8.22. The first-order valence-electron chi connectivity index (χ1n) is 8.22. The van der Waals surface area contributed by atoms with Crippen molar-refractivity contribution in [2.75, 3.05) is 19.6 Å². The van der Waals surface area contributed by atoms with Crippen LogP contribution in [0.2, 0.25) is 0 Å². The van der Waals surface area contributed by atoms with Gasteiger partial charge in [0.25, 0.3) is 0 Å². The summed E-state index contributed by atoms with van der Waals surface area (Å²) >= 11 is 0. The number of likely N-dealkylation sites (tertiary alicyclic amines) is 1. The summed E-state index contributed by atoms with van der Waals surface area (Å²) in [6.45, 7) is 7.11.